The summed E-state index contributed by atoms with van der Waals surface area (Å²) in [5.74, 6) is 0.546. The maximum atomic E-state index is 12.4. The molecule has 31 heavy (non-hydrogen) atoms. The van der Waals surface area contributed by atoms with Crippen LogP contribution in [0.3, 0.4) is 0 Å². The van der Waals surface area contributed by atoms with Crippen molar-refractivity contribution in [1.82, 2.24) is 9.80 Å². The van der Waals surface area contributed by atoms with Crippen LogP contribution in [0.15, 0.2) is 60.7 Å². The summed E-state index contributed by atoms with van der Waals surface area (Å²) >= 11 is 0. The summed E-state index contributed by atoms with van der Waals surface area (Å²) in [6, 6.07) is 21.3. The van der Waals surface area contributed by atoms with Gasteiger partial charge in [-0.2, -0.15) is 0 Å². The molecule has 0 bridgehead atoms. The second kappa shape index (κ2) is 12.2. The van der Waals surface area contributed by atoms with Crippen LogP contribution in [0.1, 0.15) is 36.8 Å². The van der Waals surface area contributed by atoms with E-state index in [1.807, 2.05) is 0 Å². The molecule has 5 heteroatoms. The van der Waals surface area contributed by atoms with Crippen molar-refractivity contribution in [1.29, 1.82) is 0 Å². The van der Waals surface area contributed by atoms with Gasteiger partial charge >= 0.3 is 0 Å². The van der Waals surface area contributed by atoms with Crippen LogP contribution in [0.2, 0.25) is 0 Å². The number of piperazine rings is 1. The fourth-order valence-electron chi connectivity index (χ4n) is 5.48. The first kappa shape index (κ1) is 26.2. The quantitative estimate of drug-likeness (QED) is 0.623. The lowest BCUT2D eigenvalue weighted by Crippen LogP contribution is -2.52. The molecule has 0 aromatic heterocycles. The molecule has 2 aromatic carbocycles. The van der Waals surface area contributed by atoms with Gasteiger partial charge in [0, 0.05) is 38.6 Å². The summed E-state index contributed by atoms with van der Waals surface area (Å²) in [5, 5.41) is 12.4. The first-order valence-corrected chi connectivity index (χ1v) is 11.4. The Balaban J connectivity index is 0.00000171. The van der Waals surface area contributed by atoms with E-state index in [0.717, 1.165) is 57.5 Å². The zero-order chi connectivity index (χ0) is 20.1. The van der Waals surface area contributed by atoms with Crippen LogP contribution in [0.5, 0.6) is 0 Å². The molecule has 1 saturated heterocycles. The van der Waals surface area contributed by atoms with Gasteiger partial charge in [0.25, 0.3) is 0 Å². The molecule has 2 aliphatic rings. The zero-order valence-electron chi connectivity index (χ0n) is 18.7. The van der Waals surface area contributed by atoms with Gasteiger partial charge in [0.2, 0.25) is 0 Å². The molecular formula is C26H38Cl2N2O. The minimum Gasteiger partial charge on any atom is -0.385 e. The number of hydrogen-bond donors (Lipinski definition) is 1. The van der Waals surface area contributed by atoms with Gasteiger partial charge in [0.05, 0.1) is 5.60 Å². The van der Waals surface area contributed by atoms with Crippen molar-refractivity contribution < 1.29 is 5.11 Å². The largest absolute Gasteiger partial charge is 0.385 e. The number of hydrogen-bond acceptors (Lipinski definition) is 3. The van der Waals surface area contributed by atoms with Gasteiger partial charge in [-0.15, -0.1) is 24.8 Å². The minimum atomic E-state index is -0.767. The monoisotopic (exact) mass is 464 g/mol. The Morgan fingerprint density at radius 3 is 2.00 bits per heavy atom. The Bertz CT molecular complexity index is 747. The van der Waals surface area contributed by atoms with E-state index in [1.54, 1.807) is 0 Å². The minimum absolute atomic E-state index is 0. The van der Waals surface area contributed by atoms with Crippen LogP contribution < -0.4 is 0 Å². The fourth-order valence-corrected chi connectivity index (χ4v) is 5.48. The van der Waals surface area contributed by atoms with E-state index in [2.05, 4.69) is 77.5 Å². The molecule has 1 heterocycles. The van der Waals surface area contributed by atoms with Gasteiger partial charge in [-0.3, -0.25) is 0 Å². The van der Waals surface area contributed by atoms with Gasteiger partial charge < -0.3 is 14.9 Å². The fraction of sp³-hybridized carbons (Fsp3) is 0.538. The Kier molecular flexibility index (Phi) is 10.3. The van der Waals surface area contributed by atoms with E-state index in [4.69, 9.17) is 0 Å². The highest BCUT2D eigenvalue weighted by molar-refractivity contribution is 5.85. The predicted molar refractivity (Wildman–Crippen MR) is 134 cm³/mol. The van der Waals surface area contributed by atoms with Crippen molar-refractivity contribution >= 4 is 24.8 Å². The molecule has 4 rings (SSSR count). The molecule has 1 aliphatic heterocycles. The molecule has 2 atom stereocenters. The molecule has 2 unspecified atom stereocenters. The molecular weight excluding hydrogens is 427 g/mol. The van der Waals surface area contributed by atoms with E-state index >= 15 is 0 Å². The average Bonchev–Trinajstić information content (AvgIpc) is 3.31. The Hall–Kier alpha value is -1.10. The molecule has 2 fully saturated rings. The van der Waals surface area contributed by atoms with Crippen molar-refractivity contribution in [2.45, 2.75) is 37.7 Å². The number of halogens is 2. The van der Waals surface area contributed by atoms with Crippen molar-refractivity contribution in [3.8, 4) is 0 Å². The van der Waals surface area contributed by atoms with Crippen LogP contribution in [0.4, 0.5) is 0 Å². The van der Waals surface area contributed by atoms with E-state index in [0.29, 0.717) is 5.92 Å². The summed E-state index contributed by atoms with van der Waals surface area (Å²) in [7, 11) is 2.21. The molecule has 3 nitrogen and oxygen atoms in total. The van der Waals surface area contributed by atoms with Gasteiger partial charge in [-0.1, -0.05) is 73.5 Å². The molecule has 1 saturated carbocycles. The zero-order valence-corrected chi connectivity index (χ0v) is 20.3. The van der Waals surface area contributed by atoms with E-state index in [-0.39, 0.29) is 30.7 Å². The van der Waals surface area contributed by atoms with E-state index < -0.39 is 5.60 Å². The van der Waals surface area contributed by atoms with Crippen LogP contribution in [-0.4, -0.2) is 54.7 Å². The second-order valence-electron chi connectivity index (χ2n) is 9.16. The van der Waals surface area contributed by atoms with Gasteiger partial charge in [-0.25, -0.2) is 0 Å². The third kappa shape index (κ3) is 6.24. The normalized spacial score (nSPS) is 21.0. The maximum Gasteiger partial charge on any atom is 0.0967 e. The summed E-state index contributed by atoms with van der Waals surface area (Å²) < 4.78 is 0. The summed E-state index contributed by atoms with van der Waals surface area (Å²) in [5.41, 5.74) is 1.68. The van der Waals surface area contributed by atoms with Crippen molar-refractivity contribution in [3.63, 3.8) is 0 Å². The number of benzene rings is 2. The number of aliphatic hydroxyl groups is 1. The van der Waals surface area contributed by atoms with Crippen molar-refractivity contribution in [2.75, 3.05) is 39.8 Å². The Labute approximate surface area is 200 Å². The van der Waals surface area contributed by atoms with E-state index in [9.17, 15) is 5.11 Å². The van der Waals surface area contributed by atoms with Gasteiger partial charge in [-0.05, 0) is 43.4 Å². The smallest absolute Gasteiger partial charge is 0.0967 e. The Morgan fingerprint density at radius 2 is 1.42 bits per heavy atom. The molecule has 172 valence electrons. The van der Waals surface area contributed by atoms with Crippen LogP contribution in [0.25, 0.3) is 0 Å². The molecule has 1 aliphatic carbocycles. The van der Waals surface area contributed by atoms with Crippen LogP contribution >= 0.6 is 24.8 Å². The lowest BCUT2D eigenvalue weighted by molar-refractivity contribution is -0.0867. The lowest BCUT2D eigenvalue weighted by Gasteiger charge is -2.45. The summed E-state index contributed by atoms with van der Waals surface area (Å²) in [4.78, 5) is 4.99. The number of rotatable bonds is 7. The van der Waals surface area contributed by atoms with Gasteiger partial charge in [0.15, 0.2) is 0 Å². The predicted octanol–water partition coefficient (Wildman–Crippen LogP) is 5.01. The number of nitrogens with zero attached hydrogens (tertiary/aromatic N) is 2. The highest BCUT2D eigenvalue weighted by Gasteiger charge is 2.46. The Morgan fingerprint density at radius 1 is 0.871 bits per heavy atom. The first-order chi connectivity index (χ1) is 14.2. The molecule has 0 spiro atoms. The molecule has 1 N–H and O–H groups in total. The number of likely N-dealkylation sites (N-methyl/N-ethyl adjacent to an activating group) is 1. The highest BCUT2D eigenvalue weighted by Crippen LogP contribution is 2.46. The summed E-state index contributed by atoms with van der Waals surface area (Å²) in [6.45, 7) is 5.38. The van der Waals surface area contributed by atoms with Crippen LogP contribution in [-0.2, 0) is 12.0 Å². The van der Waals surface area contributed by atoms with Crippen molar-refractivity contribution in [3.05, 3.63) is 71.8 Å². The summed E-state index contributed by atoms with van der Waals surface area (Å²) in [6.07, 6.45) is 5.69. The standard InChI is InChI=1S/C26H36N2O.2ClH/c1-27-16-18-28(19-17-27)21-25(20-22-10-4-2-5-11-22)26(29,24-14-8-9-15-24)23-12-6-3-7-13-23;;/h2-7,10-13,24-25,29H,8-9,14-21H2,1H3;2*1H. The van der Waals surface area contributed by atoms with Crippen molar-refractivity contribution in [2.24, 2.45) is 11.8 Å². The molecule has 0 amide bonds. The first-order valence-electron chi connectivity index (χ1n) is 11.4. The third-order valence-electron chi connectivity index (χ3n) is 7.24. The molecule has 2 aromatic rings. The lowest BCUT2D eigenvalue weighted by atomic mass is 9.69. The van der Waals surface area contributed by atoms with Gasteiger partial charge in [0.1, 0.15) is 0 Å². The molecule has 0 radical (unpaired) electrons. The highest BCUT2D eigenvalue weighted by atomic mass is 35.5. The SMILES string of the molecule is CN1CCN(CC(Cc2ccccc2)C(O)(c2ccccc2)C2CCCC2)CC1.Cl.Cl. The third-order valence-corrected chi connectivity index (χ3v) is 7.24. The topological polar surface area (TPSA) is 26.7 Å². The second-order valence-corrected chi connectivity index (χ2v) is 9.16. The van der Waals surface area contributed by atoms with E-state index in [1.165, 1.54) is 18.4 Å². The maximum absolute atomic E-state index is 12.4. The van der Waals surface area contributed by atoms with Crippen LogP contribution in [0, 0.1) is 11.8 Å². The average molecular weight is 466 g/mol.